The number of rotatable bonds is 5. The molecule has 166 valence electrons. The Labute approximate surface area is 181 Å². The first-order valence-corrected chi connectivity index (χ1v) is 11.8. The number of ether oxygens (including phenoxy) is 1. The summed E-state index contributed by atoms with van der Waals surface area (Å²) in [6, 6.07) is 4.51. The van der Waals surface area contributed by atoms with Crippen LogP contribution in [0.15, 0.2) is 24.5 Å². The van der Waals surface area contributed by atoms with Gasteiger partial charge < -0.3 is 14.5 Å². The van der Waals surface area contributed by atoms with Crippen molar-refractivity contribution in [3.05, 3.63) is 30.1 Å². The number of likely N-dealkylation sites (tertiary alicyclic amines) is 1. The highest BCUT2D eigenvalue weighted by molar-refractivity contribution is 5.78. The summed E-state index contributed by atoms with van der Waals surface area (Å²) in [4.78, 5) is 24.2. The van der Waals surface area contributed by atoms with Crippen molar-refractivity contribution in [3.8, 4) is 0 Å². The highest BCUT2D eigenvalue weighted by atomic mass is 16.5. The van der Waals surface area contributed by atoms with Gasteiger partial charge in [-0.05, 0) is 43.2 Å². The Morgan fingerprint density at radius 2 is 1.97 bits per heavy atom. The zero-order valence-electron chi connectivity index (χ0n) is 18.8. The normalized spacial score (nSPS) is 25.7. The minimum Gasteiger partial charge on any atom is -0.375 e. The van der Waals surface area contributed by atoms with Crippen molar-refractivity contribution in [2.24, 2.45) is 5.92 Å². The number of aromatic nitrogens is 1. The van der Waals surface area contributed by atoms with E-state index < -0.39 is 0 Å². The van der Waals surface area contributed by atoms with Crippen molar-refractivity contribution in [1.29, 1.82) is 0 Å². The summed E-state index contributed by atoms with van der Waals surface area (Å²) < 4.78 is 6.36. The number of nitrogens with zero attached hydrogens (tertiary/aromatic N) is 4. The largest absolute Gasteiger partial charge is 0.375 e. The van der Waals surface area contributed by atoms with Gasteiger partial charge >= 0.3 is 0 Å². The molecule has 1 spiro atoms. The van der Waals surface area contributed by atoms with Crippen LogP contribution in [-0.2, 0) is 16.0 Å². The van der Waals surface area contributed by atoms with Crippen LogP contribution < -0.4 is 0 Å². The van der Waals surface area contributed by atoms with Crippen molar-refractivity contribution < 1.29 is 9.53 Å². The van der Waals surface area contributed by atoms with E-state index in [1.165, 1.54) is 32.7 Å². The third-order valence-corrected chi connectivity index (χ3v) is 7.12. The topological polar surface area (TPSA) is 48.9 Å². The number of hydrogen-bond acceptors (Lipinski definition) is 5. The lowest BCUT2D eigenvalue weighted by Crippen LogP contribution is -2.57. The SMILES string of the molecule is CC(C)CN1CCN([C@H]2CCOC3(CCN(C(=O)Cc4cccnc4)CC3)C2)CC1. The Morgan fingerprint density at radius 1 is 1.20 bits per heavy atom. The Hall–Kier alpha value is -1.50. The van der Waals surface area contributed by atoms with Gasteiger partial charge in [0.15, 0.2) is 0 Å². The number of carbonyl (C=O) groups excluding carboxylic acids is 1. The molecule has 0 bridgehead atoms. The first-order valence-electron chi connectivity index (χ1n) is 11.8. The van der Waals surface area contributed by atoms with Gasteiger partial charge in [-0.25, -0.2) is 0 Å². The van der Waals surface area contributed by atoms with E-state index in [9.17, 15) is 4.79 Å². The van der Waals surface area contributed by atoms with Crippen LogP contribution in [-0.4, -0.2) is 89.7 Å². The zero-order chi connectivity index (χ0) is 21.0. The maximum Gasteiger partial charge on any atom is 0.227 e. The molecule has 30 heavy (non-hydrogen) atoms. The summed E-state index contributed by atoms with van der Waals surface area (Å²) in [5, 5.41) is 0. The number of hydrogen-bond donors (Lipinski definition) is 0. The molecule has 0 saturated carbocycles. The van der Waals surface area contributed by atoms with Crippen LogP contribution in [0.25, 0.3) is 0 Å². The molecule has 0 radical (unpaired) electrons. The molecule has 3 aliphatic rings. The molecule has 0 aliphatic carbocycles. The van der Waals surface area contributed by atoms with Gasteiger partial charge in [-0.3, -0.25) is 14.7 Å². The van der Waals surface area contributed by atoms with E-state index >= 15 is 0 Å². The molecule has 4 heterocycles. The van der Waals surface area contributed by atoms with E-state index in [-0.39, 0.29) is 11.5 Å². The van der Waals surface area contributed by atoms with Crippen LogP contribution in [0.1, 0.15) is 45.1 Å². The molecule has 3 fully saturated rings. The lowest BCUT2D eigenvalue weighted by atomic mass is 9.81. The van der Waals surface area contributed by atoms with Crippen molar-refractivity contribution >= 4 is 5.91 Å². The van der Waals surface area contributed by atoms with Crippen LogP contribution in [0.2, 0.25) is 0 Å². The molecule has 0 aromatic carbocycles. The third kappa shape index (κ3) is 5.40. The van der Waals surface area contributed by atoms with Gasteiger partial charge in [-0.15, -0.1) is 0 Å². The van der Waals surface area contributed by atoms with Gasteiger partial charge in [0.1, 0.15) is 0 Å². The minimum atomic E-state index is -0.0247. The molecule has 6 heteroatoms. The molecule has 3 saturated heterocycles. The number of carbonyl (C=O) groups is 1. The first kappa shape index (κ1) is 21.7. The average molecular weight is 415 g/mol. The summed E-state index contributed by atoms with van der Waals surface area (Å²) >= 11 is 0. The van der Waals surface area contributed by atoms with Gasteiger partial charge in [0.2, 0.25) is 5.91 Å². The molecule has 3 aliphatic heterocycles. The van der Waals surface area contributed by atoms with Gasteiger partial charge in [-0.2, -0.15) is 0 Å². The number of piperazine rings is 1. The Kier molecular flexibility index (Phi) is 7.06. The van der Waals surface area contributed by atoms with E-state index in [1.54, 1.807) is 12.4 Å². The van der Waals surface area contributed by atoms with Gasteiger partial charge in [0.25, 0.3) is 0 Å². The molecular formula is C24H38N4O2. The van der Waals surface area contributed by atoms with Gasteiger partial charge in [-0.1, -0.05) is 19.9 Å². The Morgan fingerprint density at radius 3 is 2.63 bits per heavy atom. The molecule has 1 aromatic heterocycles. The third-order valence-electron chi connectivity index (χ3n) is 7.12. The summed E-state index contributed by atoms with van der Waals surface area (Å²) in [6.45, 7) is 13.1. The quantitative estimate of drug-likeness (QED) is 0.741. The predicted molar refractivity (Wildman–Crippen MR) is 118 cm³/mol. The maximum absolute atomic E-state index is 12.7. The molecule has 1 amide bonds. The van der Waals surface area contributed by atoms with E-state index in [1.807, 2.05) is 17.0 Å². The van der Waals surface area contributed by atoms with Crippen LogP contribution in [0.4, 0.5) is 0 Å². The second-order valence-electron chi connectivity index (χ2n) is 9.83. The van der Waals surface area contributed by atoms with Crippen molar-refractivity contribution in [2.45, 2.75) is 57.6 Å². The van der Waals surface area contributed by atoms with Crippen LogP contribution in [0.5, 0.6) is 0 Å². The molecule has 1 aromatic rings. The number of piperidine rings is 1. The van der Waals surface area contributed by atoms with E-state index in [4.69, 9.17) is 4.74 Å². The second-order valence-corrected chi connectivity index (χ2v) is 9.83. The van der Waals surface area contributed by atoms with Crippen LogP contribution >= 0.6 is 0 Å². The van der Waals surface area contributed by atoms with E-state index in [0.717, 1.165) is 56.9 Å². The highest BCUT2D eigenvalue weighted by Crippen LogP contribution is 2.37. The fraction of sp³-hybridized carbons (Fsp3) is 0.750. The van der Waals surface area contributed by atoms with Crippen molar-refractivity contribution in [1.82, 2.24) is 19.7 Å². The molecule has 6 nitrogen and oxygen atoms in total. The fourth-order valence-electron chi connectivity index (χ4n) is 5.44. The molecule has 1 atom stereocenters. The Bertz CT molecular complexity index is 680. The Balaban J connectivity index is 1.26. The van der Waals surface area contributed by atoms with Crippen molar-refractivity contribution in [3.63, 3.8) is 0 Å². The van der Waals surface area contributed by atoms with E-state index in [2.05, 4.69) is 28.6 Å². The predicted octanol–water partition coefficient (Wildman–Crippen LogP) is 2.44. The summed E-state index contributed by atoms with van der Waals surface area (Å²) in [5.74, 6) is 0.959. The lowest BCUT2D eigenvalue weighted by Gasteiger charge is -2.49. The molecule has 0 N–H and O–H groups in total. The molecular weight excluding hydrogens is 376 g/mol. The summed E-state index contributed by atoms with van der Waals surface area (Å²) in [7, 11) is 0. The average Bonchev–Trinajstić information content (AvgIpc) is 2.75. The van der Waals surface area contributed by atoms with E-state index in [0.29, 0.717) is 12.5 Å². The number of pyridine rings is 1. The van der Waals surface area contributed by atoms with Gasteiger partial charge in [0.05, 0.1) is 12.0 Å². The summed E-state index contributed by atoms with van der Waals surface area (Å²) in [5.41, 5.74) is 0.969. The summed E-state index contributed by atoms with van der Waals surface area (Å²) in [6.07, 6.45) is 8.20. The highest BCUT2D eigenvalue weighted by Gasteiger charge is 2.42. The van der Waals surface area contributed by atoms with Crippen molar-refractivity contribution in [2.75, 3.05) is 52.4 Å². The smallest absolute Gasteiger partial charge is 0.227 e. The molecule has 4 rings (SSSR count). The first-order chi connectivity index (χ1) is 14.5. The standard InChI is InChI=1S/C24H38N4O2/c1-20(2)19-26-11-13-27(14-12-26)22-5-15-30-24(17-22)6-9-28(10-7-24)23(29)16-21-4-3-8-25-18-21/h3-4,8,18,20,22H,5-7,9-17,19H2,1-2H3/t22-/m0/s1. The van der Waals surface area contributed by atoms with Crippen LogP contribution in [0, 0.1) is 5.92 Å². The maximum atomic E-state index is 12.7. The zero-order valence-corrected chi connectivity index (χ0v) is 18.8. The fourth-order valence-corrected chi connectivity index (χ4v) is 5.44. The van der Waals surface area contributed by atoms with Gasteiger partial charge in [0, 0.05) is 70.9 Å². The lowest BCUT2D eigenvalue weighted by molar-refractivity contribution is -0.149. The monoisotopic (exact) mass is 414 g/mol. The minimum absolute atomic E-state index is 0.0247. The number of amides is 1. The van der Waals surface area contributed by atoms with Crippen LogP contribution in [0.3, 0.4) is 0 Å². The molecule has 0 unspecified atom stereocenters. The second kappa shape index (κ2) is 9.75.